The second kappa shape index (κ2) is 9.08. The smallest absolute Gasteiger partial charge is 0.408 e. The second-order valence-electron chi connectivity index (χ2n) is 8.35. The third-order valence-electron chi connectivity index (χ3n) is 3.51. The third-order valence-corrected chi connectivity index (χ3v) is 3.51. The van der Waals surface area contributed by atoms with E-state index in [2.05, 4.69) is 10.3 Å². The number of carbonyl (C=O) groups is 1. The number of hydrogen-bond acceptors (Lipinski definition) is 6. The van der Waals surface area contributed by atoms with Crippen molar-refractivity contribution in [1.82, 2.24) is 5.32 Å². The first-order chi connectivity index (χ1) is 12.4. The number of amides is 1. The van der Waals surface area contributed by atoms with Crippen molar-refractivity contribution in [2.24, 2.45) is 4.99 Å². The van der Waals surface area contributed by atoms with E-state index in [1.165, 1.54) is 0 Å². The number of aliphatic hydroxyl groups excluding tert-OH is 1. The summed E-state index contributed by atoms with van der Waals surface area (Å²) < 4.78 is 10.5. The Bertz CT molecular complexity index is 632. The fourth-order valence-electron chi connectivity index (χ4n) is 2.38. The topological polar surface area (TPSA) is 103 Å². The van der Waals surface area contributed by atoms with Gasteiger partial charge in [0, 0.05) is 12.1 Å². The zero-order chi connectivity index (χ0) is 20.7. The van der Waals surface area contributed by atoms with Crippen LogP contribution in [0.15, 0.2) is 35.3 Å². The molecule has 7 heteroatoms. The summed E-state index contributed by atoms with van der Waals surface area (Å²) in [6.45, 7) is 10.2. The number of alkyl carbamates (subject to hydrolysis) is 1. The lowest BCUT2D eigenvalue weighted by Crippen LogP contribution is -2.50. The van der Waals surface area contributed by atoms with E-state index in [-0.39, 0.29) is 19.6 Å². The van der Waals surface area contributed by atoms with Gasteiger partial charge in [0.05, 0.1) is 12.1 Å². The van der Waals surface area contributed by atoms with Crippen molar-refractivity contribution in [2.45, 2.75) is 64.7 Å². The number of carbonyl (C=O) groups excluding carboxylic acids is 1. The number of rotatable bonds is 6. The Labute approximate surface area is 161 Å². The molecule has 1 rings (SSSR count). The van der Waals surface area contributed by atoms with Gasteiger partial charge in [0.15, 0.2) is 0 Å². The van der Waals surface area contributed by atoms with E-state index >= 15 is 0 Å². The summed E-state index contributed by atoms with van der Waals surface area (Å²) in [4.78, 5) is 16.2. The fraction of sp³-hybridized carbons (Fsp3) is 0.600. The molecule has 1 amide bonds. The zero-order valence-corrected chi connectivity index (χ0v) is 17.0. The number of aliphatic hydroxyl groups is 1. The molecule has 7 nitrogen and oxygen atoms in total. The van der Waals surface area contributed by atoms with Crippen LogP contribution in [0.3, 0.4) is 0 Å². The van der Waals surface area contributed by atoms with E-state index in [1.54, 1.807) is 53.7 Å². The number of ether oxygens (including phenoxy) is 2. The van der Waals surface area contributed by atoms with Crippen molar-refractivity contribution in [3.63, 3.8) is 0 Å². The van der Waals surface area contributed by atoms with Crippen LogP contribution >= 0.6 is 0 Å². The van der Waals surface area contributed by atoms with Crippen LogP contribution in [-0.4, -0.2) is 41.6 Å². The summed E-state index contributed by atoms with van der Waals surface area (Å²) in [7, 11) is 0. The van der Waals surface area contributed by atoms with Gasteiger partial charge in [0.25, 0.3) is 0 Å². The summed E-state index contributed by atoms with van der Waals surface area (Å²) in [5.41, 5.74) is -1.75. The third kappa shape index (κ3) is 8.30. The molecule has 0 radical (unpaired) electrons. The second-order valence-corrected chi connectivity index (χ2v) is 8.35. The predicted octanol–water partition coefficient (Wildman–Crippen LogP) is 2.32. The van der Waals surface area contributed by atoms with E-state index in [4.69, 9.17) is 9.47 Å². The summed E-state index contributed by atoms with van der Waals surface area (Å²) in [6.07, 6.45) is -1.14. The minimum absolute atomic E-state index is 0.0696. The largest absolute Gasteiger partial charge is 0.595 e. The first-order valence-electron chi connectivity index (χ1n) is 8.95. The average Bonchev–Trinajstić information content (AvgIpc) is 2.51. The zero-order valence-electron chi connectivity index (χ0n) is 17.0. The molecule has 0 aliphatic heterocycles. The van der Waals surface area contributed by atoms with Gasteiger partial charge in [-0.3, -0.25) is 4.99 Å². The SMILES string of the molecule is CC(C)(C)OC(=O)NC(CO)(CCN=C([O-])OC(C)(C)C)c1ccccc1. The van der Waals surface area contributed by atoms with Gasteiger partial charge in [-0.1, -0.05) is 51.1 Å². The number of aliphatic imine (C=N–C) groups is 1. The van der Waals surface area contributed by atoms with Gasteiger partial charge in [0.2, 0.25) is 0 Å². The van der Waals surface area contributed by atoms with E-state index in [1.807, 2.05) is 18.2 Å². The van der Waals surface area contributed by atoms with Gasteiger partial charge >= 0.3 is 6.09 Å². The highest BCUT2D eigenvalue weighted by Gasteiger charge is 2.34. The van der Waals surface area contributed by atoms with Crippen LogP contribution in [0.25, 0.3) is 0 Å². The molecule has 0 heterocycles. The van der Waals surface area contributed by atoms with Crippen molar-refractivity contribution in [1.29, 1.82) is 0 Å². The normalized spacial score (nSPS) is 15.0. The molecule has 0 aliphatic carbocycles. The van der Waals surface area contributed by atoms with Crippen LogP contribution in [0.5, 0.6) is 0 Å². The molecule has 0 saturated heterocycles. The van der Waals surface area contributed by atoms with Gasteiger partial charge in [-0.25, -0.2) is 4.79 Å². The van der Waals surface area contributed by atoms with Crippen LogP contribution in [0.1, 0.15) is 53.5 Å². The van der Waals surface area contributed by atoms with Gasteiger partial charge in [-0.05, 0) is 32.8 Å². The molecule has 0 spiro atoms. The van der Waals surface area contributed by atoms with Crippen LogP contribution in [-0.2, 0) is 15.0 Å². The van der Waals surface area contributed by atoms with Crippen LogP contribution in [0.2, 0.25) is 0 Å². The first kappa shape index (κ1) is 22.8. The van der Waals surface area contributed by atoms with Crippen LogP contribution in [0.4, 0.5) is 4.79 Å². The van der Waals surface area contributed by atoms with Crippen molar-refractivity contribution < 1.29 is 24.5 Å². The van der Waals surface area contributed by atoms with Crippen molar-refractivity contribution in [3.8, 4) is 0 Å². The highest BCUT2D eigenvalue weighted by molar-refractivity contribution is 5.69. The van der Waals surface area contributed by atoms with Crippen LogP contribution in [0, 0.1) is 0 Å². The molecule has 1 aromatic rings. The van der Waals surface area contributed by atoms with Gasteiger partial charge < -0.3 is 25.0 Å². The summed E-state index contributed by atoms with van der Waals surface area (Å²) in [5.74, 6) is 0. The molecule has 0 bridgehead atoms. The standard InChI is InChI=1S/C20H32N2O5/c1-18(2,3)26-16(24)21-13-12-20(14-23,15-10-8-7-9-11-15)22-17(25)27-19(4,5)6/h7-11,23H,12-14H2,1-6H3,(H,21,24)(H,22,25)/p-1. The van der Waals surface area contributed by atoms with E-state index in [0.717, 1.165) is 0 Å². The summed E-state index contributed by atoms with van der Waals surface area (Å²) in [6, 6.07) is 9.04. The Hall–Kier alpha value is -2.28. The number of benzene rings is 1. The fourth-order valence-corrected chi connectivity index (χ4v) is 2.38. The lowest BCUT2D eigenvalue weighted by atomic mass is 9.87. The Morgan fingerprint density at radius 3 is 2.11 bits per heavy atom. The molecular weight excluding hydrogens is 348 g/mol. The van der Waals surface area contributed by atoms with Gasteiger partial charge in [-0.2, -0.15) is 0 Å². The molecule has 0 aliphatic rings. The lowest BCUT2D eigenvalue weighted by Gasteiger charge is -2.34. The number of nitrogens with zero attached hydrogens (tertiary/aromatic N) is 1. The molecule has 1 atom stereocenters. The average molecular weight is 379 g/mol. The minimum atomic E-state index is -1.13. The Morgan fingerprint density at radius 1 is 1.07 bits per heavy atom. The Kier molecular flexibility index (Phi) is 7.65. The predicted molar refractivity (Wildman–Crippen MR) is 102 cm³/mol. The highest BCUT2D eigenvalue weighted by atomic mass is 16.6. The molecule has 1 aromatic carbocycles. The van der Waals surface area contributed by atoms with E-state index in [9.17, 15) is 15.0 Å². The lowest BCUT2D eigenvalue weighted by molar-refractivity contribution is -0.260. The summed E-state index contributed by atoms with van der Waals surface area (Å²) >= 11 is 0. The molecule has 1 unspecified atom stereocenters. The monoisotopic (exact) mass is 379 g/mol. The number of nitrogens with one attached hydrogen (secondary N) is 1. The Balaban J connectivity index is 3.01. The van der Waals surface area contributed by atoms with Crippen LogP contribution < -0.4 is 10.4 Å². The maximum absolute atomic E-state index is 12.3. The van der Waals surface area contributed by atoms with Crippen molar-refractivity contribution in [2.75, 3.05) is 13.2 Å². The maximum atomic E-state index is 12.3. The molecule has 0 fully saturated rings. The van der Waals surface area contributed by atoms with E-state index < -0.39 is 28.9 Å². The molecule has 27 heavy (non-hydrogen) atoms. The molecular formula is C20H31N2O5-. The maximum Gasteiger partial charge on any atom is 0.408 e. The Morgan fingerprint density at radius 2 is 1.63 bits per heavy atom. The first-order valence-corrected chi connectivity index (χ1v) is 8.95. The molecule has 0 aromatic heterocycles. The van der Waals surface area contributed by atoms with Crippen molar-refractivity contribution >= 4 is 12.2 Å². The van der Waals surface area contributed by atoms with Gasteiger partial charge in [0.1, 0.15) is 11.7 Å². The van der Waals surface area contributed by atoms with Gasteiger partial charge in [-0.15, -0.1) is 0 Å². The number of hydrogen-bond donors (Lipinski definition) is 2. The molecule has 152 valence electrons. The quantitative estimate of drug-likeness (QED) is 0.583. The minimum Gasteiger partial charge on any atom is -0.595 e. The highest BCUT2D eigenvalue weighted by Crippen LogP contribution is 2.26. The van der Waals surface area contributed by atoms with E-state index in [0.29, 0.717) is 5.56 Å². The van der Waals surface area contributed by atoms with Crippen molar-refractivity contribution in [3.05, 3.63) is 35.9 Å². The molecule has 2 N–H and O–H groups in total. The molecule has 0 saturated carbocycles. The summed E-state index contributed by atoms with van der Waals surface area (Å²) in [5, 5.41) is 24.7.